The van der Waals surface area contributed by atoms with Gasteiger partial charge in [0.2, 0.25) is 15.2 Å². The summed E-state index contributed by atoms with van der Waals surface area (Å²) in [6.07, 6.45) is 2.13. The smallest absolute Gasteiger partial charge is 0.309 e. The van der Waals surface area contributed by atoms with Crippen LogP contribution in [-0.2, 0) is 19.6 Å². The molecule has 1 aliphatic rings. The lowest BCUT2D eigenvalue weighted by Crippen LogP contribution is -2.40. The van der Waals surface area contributed by atoms with Crippen molar-refractivity contribution in [3.8, 4) is 11.3 Å². The van der Waals surface area contributed by atoms with Crippen LogP contribution < -0.4 is 5.43 Å². The number of sulfonamides is 1. The maximum absolute atomic E-state index is 13.9. The van der Waals surface area contributed by atoms with Crippen LogP contribution in [0.25, 0.3) is 11.3 Å². The molecular weight excluding hydrogens is 527 g/mol. The molecule has 0 saturated carbocycles. The number of ether oxygens (including phenoxy) is 1. The van der Waals surface area contributed by atoms with Crippen molar-refractivity contribution in [2.45, 2.75) is 24.7 Å². The average molecular weight is 551 g/mol. The van der Waals surface area contributed by atoms with Crippen molar-refractivity contribution in [2.24, 2.45) is 11.0 Å². The number of thiazole rings is 1. The summed E-state index contributed by atoms with van der Waals surface area (Å²) in [5.74, 6) is -1.04. The van der Waals surface area contributed by atoms with E-state index >= 15 is 0 Å². The predicted molar refractivity (Wildman–Crippen MR) is 138 cm³/mol. The highest BCUT2D eigenvalue weighted by molar-refractivity contribution is 7.89. The van der Waals surface area contributed by atoms with Gasteiger partial charge in [-0.05, 0) is 44.0 Å². The van der Waals surface area contributed by atoms with Crippen molar-refractivity contribution in [1.82, 2.24) is 9.29 Å². The largest absolute Gasteiger partial charge is 0.466 e. The van der Waals surface area contributed by atoms with Crippen LogP contribution in [0, 0.1) is 11.7 Å². The molecule has 36 heavy (non-hydrogen) atoms. The van der Waals surface area contributed by atoms with Gasteiger partial charge in [-0.25, -0.2) is 17.8 Å². The summed E-state index contributed by atoms with van der Waals surface area (Å²) in [7, 11) is -3.73. The fourth-order valence-corrected chi connectivity index (χ4v) is 6.20. The second-order valence-electron chi connectivity index (χ2n) is 8.00. The van der Waals surface area contributed by atoms with Gasteiger partial charge in [-0.3, -0.25) is 10.2 Å². The second kappa shape index (κ2) is 11.5. The van der Waals surface area contributed by atoms with E-state index in [1.807, 2.05) is 0 Å². The van der Waals surface area contributed by atoms with Crippen LogP contribution in [0.5, 0.6) is 0 Å². The minimum absolute atomic E-state index is 0.157. The van der Waals surface area contributed by atoms with Crippen molar-refractivity contribution in [3.63, 3.8) is 0 Å². The number of benzene rings is 2. The van der Waals surface area contributed by atoms with Crippen molar-refractivity contribution in [1.29, 1.82) is 0 Å². The van der Waals surface area contributed by atoms with Crippen molar-refractivity contribution in [3.05, 3.63) is 64.2 Å². The molecule has 0 atom stereocenters. The number of nitrogens with zero attached hydrogens (tertiary/aromatic N) is 3. The van der Waals surface area contributed by atoms with Crippen molar-refractivity contribution in [2.75, 3.05) is 25.1 Å². The van der Waals surface area contributed by atoms with E-state index in [1.54, 1.807) is 42.6 Å². The minimum Gasteiger partial charge on any atom is -0.466 e. The number of hydrogen-bond donors (Lipinski definition) is 1. The third-order valence-electron chi connectivity index (χ3n) is 5.70. The highest BCUT2D eigenvalue weighted by Crippen LogP contribution is 2.29. The van der Waals surface area contributed by atoms with E-state index < -0.39 is 15.8 Å². The number of carbonyl (C=O) groups is 1. The standard InChI is InChI=1S/C24H24ClFN4O4S2/c1-2-34-23(31)16-9-11-30(12-10-16)36(32,33)18-6-3-5-17(13-18)22-15-35-24(28-22)29-27-14-19-20(25)7-4-8-21(19)26/h3-8,13-16H,2,9-12H2,1H3,(H,28,29)/b27-14+. The molecule has 1 saturated heterocycles. The number of esters is 1. The molecule has 0 unspecified atom stereocenters. The maximum atomic E-state index is 13.9. The summed E-state index contributed by atoms with van der Waals surface area (Å²) < 4.78 is 46.8. The summed E-state index contributed by atoms with van der Waals surface area (Å²) >= 11 is 7.26. The molecule has 2 aromatic carbocycles. The molecule has 2 heterocycles. The van der Waals surface area contributed by atoms with Crippen molar-refractivity contribution < 1.29 is 22.3 Å². The Bertz CT molecular complexity index is 1350. The lowest BCUT2D eigenvalue weighted by Gasteiger charge is -2.30. The number of anilines is 1. The fourth-order valence-electron chi connectivity index (χ4n) is 3.80. The maximum Gasteiger partial charge on any atom is 0.309 e. The topological polar surface area (TPSA) is 101 Å². The zero-order valence-corrected chi connectivity index (χ0v) is 21.7. The molecule has 0 spiro atoms. The van der Waals surface area contributed by atoms with E-state index in [4.69, 9.17) is 16.3 Å². The fraction of sp³-hybridized carbons (Fsp3) is 0.292. The highest BCUT2D eigenvalue weighted by atomic mass is 35.5. The molecule has 0 amide bonds. The summed E-state index contributed by atoms with van der Waals surface area (Å²) in [4.78, 5) is 16.6. The number of hydrogen-bond acceptors (Lipinski definition) is 8. The van der Waals surface area contributed by atoms with Crippen molar-refractivity contribution >= 4 is 50.3 Å². The van der Waals surface area contributed by atoms with Crippen LogP contribution in [0.15, 0.2) is 57.8 Å². The van der Waals surface area contributed by atoms with Crippen LogP contribution in [0.3, 0.4) is 0 Å². The molecule has 8 nitrogen and oxygen atoms in total. The Morgan fingerprint density at radius 3 is 2.78 bits per heavy atom. The quantitative estimate of drug-likeness (QED) is 0.240. The molecule has 0 radical (unpaired) electrons. The van der Waals surface area contributed by atoms with Gasteiger partial charge >= 0.3 is 5.97 Å². The number of nitrogens with one attached hydrogen (secondary N) is 1. The summed E-state index contributed by atoms with van der Waals surface area (Å²) in [5, 5.41) is 6.46. The number of hydrazone groups is 1. The van der Waals surface area contributed by atoms with Crippen LogP contribution in [0.1, 0.15) is 25.3 Å². The van der Waals surface area contributed by atoms with Gasteiger partial charge in [0.1, 0.15) is 5.82 Å². The summed E-state index contributed by atoms with van der Waals surface area (Å²) in [6.45, 7) is 2.57. The molecule has 3 aromatic rings. The molecule has 1 aliphatic heterocycles. The number of carbonyl (C=O) groups excluding carboxylic acids is 1. The number of piperidine rings is 1. The normalized spacial score (nSPS) is 15.3. The molecule has 1 aromatic heterocycles. The van der Waals surface area contributed by atoms with Crippen LogP contribution in [0.2, 0.25) is 5.02 Å². The first-order chi connectivity index (χ1) is 17.3. The van der Waals surface area contributed by atoms with E-state index in [0.717, 1.165) is 0 Å². The summed E-state index contributed by atoms with van der Waals surface area (Å²) in [6, 6.07) is 10.9. The van der Waals surface area contributed by atoms with Gasteiger partial charge in [-0.15, -0.1) is 11.3 Å². The summed E-state index contributed by atoms with van der Waals surface area (Å²) in [5.41, 5.74) is 4.10. The van der Waals surface area contributed by atoms with E-state index in [1.165, 1.54) is 34.0 Å². The van der Waals surface area contributed by atoms with Gasteiger partial charge in [-0.1, -0.05) is 29.8 Å². The first kappa shape index (κ1) is 26.2. The molecule has 1 N–H and O–H groups in total. The Morgan fingerprint density at radius 2 is 2.06 bits per heavy atom. The minimum atomic E-state index is -3.73. The number of aromatic nitrogens is 1. The molecular formula is C24H24ClFN4O4S2. The molecule has 12 heteroatoms. The Hall–Kier alpha value is -2.86. The van der Waals surface area contributed by atoms with Crippen LogP contribution in [0.4, 0.5) is 9.52 Å². The Morgan fingerprint density at radius 1 is 1.31 bits per heavy atom. The number of rotatable bonds is 8. The predicted octanol–water partition coefficient (Wildman–Crippen LogP) is 5.01. The molecule has 1 fully saturated rings. The monoisotopic (exact) mass is 550 g/mol. The molecule has 0 aliphatic carbocycles. The molecule has 0 bridgehead atoms. The van der Waals surface area contributed by atoms with Crippen LogP contribution >= 0.6 is 22.9 Å². The van der Waals surface area contributed by atoms with Gasteiger partial charge in [0.15, 0.2) is 0 Å². The lowest BCUT2D eigenvalue weighted by molar-refractivity contribution is -0.149. The SMILES string of the molecule is CCOC(=O)C1CCN(S(=O)(=O)c2cccc(-c3csc(N/N=C/c4c(F)cccc4Cl)n3)c2)CC1. The van der Waals surface area contributed by atoms with E-state index in [0.29, 0.717) is 35.8 Å². The van der Waals surface area contributed by atoms with E-state index in [9.17, 15) is 17.6 Å². The molecule has 4 rings (SSSR count). The number of halogens is 2. The third-order valence-corrected chi connectivity index (χ3v) is 8.67. The average Bonchev–Trinajstić information content (AvgIpc) is 3.35. The zero-order valence-electron chi connectivity index (χ0n) is 19.4. The van der Waals surface area contributed by atoms with Gasteiger partial charge in [0.05, 0.1) is 34.4 Å². The Balaban J connectivity index is 1.44. The third kappa shape index (κ3) is 5.92. The Labute approximate surface area is 217 Å². The zero-order chi connectivity index (χ0) is 25.7. The first-order valence-corrected chi connectivity index (χ1v) is 13.9. The second-order valence-corrected chi connectivity index (χ2v) is 11.2. The van der Waals surface area contributed by atoms with E-state index in [2.05, 4.69) is 15.5 Å². The van der Waals surface area contributed by atoms with Crippen LogP contribution in [-0.4, -0.2) is 49.6 Å². The lowest BCUT2D eigenvalue weighted by atomic mass is 9.98. The highest BCUT2D eigenvalue weighted by Gasteiger charge is 2.32. The molecule has 190 valence electrons. The van der Waals surface area contributed by atoms with Gasteiger partial charge in [0, 0.05) is 29.6 Å². The van der Waals surface area contributed by atoms with Gasteiger partial charge in [-0.2, -0.15) is 9.41 Å². The van der Waals surface area contributed by atoms with Gasteiger partial charge in [0.25, 0.3) is 0 Å². The first-order valence-electron chi connectivity index (χ1n) is 11.3. The Kier molecular flexibility index (Phi) is 8.35. The van der Waals surface area contributed by atoms with E-state index in [-0.39, 0.29) is 40.5 Å². The van der Waals surface area contributed by atoms with Gasteiger partial charge < -0.3 is 4.74 Å².